The second-order valence-electron chi connectivity index (χ2n) is 8.36. The van der Waals surface area contributed by atoms with Crippen molar-refractivity contribution in [3.8, 4) is 0 Å². The Balaban J connectivity index is 1.72. The number of anilines is 1. The normalized spacial score (nSPS) is 45.9. The van der Waals surface area contributed by atoms with Gasteiger partial charge < -0.3 is 9.84 Å². The van der Waals surface area contributed by atoms with E-state index in [2.05, 4.69) is 36.2 Å². The summed E-state index contributed by atoms with van der Waals surface area (Å²) in [7, 11) is 0. The van der Waals surface area contributed by atoms with Crippen molar-refractivity contribution in [2.24, 2.45) is 16.7 Å². The van der Waals surface area contributed by atoms with Gasteiger partial charge in [0, 0.05) is 12.0 Å². The molecule has 5 rings (SSSR count). The molecular formula is C16H25N3O. The van der Waals surface area contributed by atoms with Crippen LogP contribution in [0.4, 0.5) is 6.01 Å². The third kappa shape index (κ3) is 1.73. The number of rotatable bonds is 3. The van der Waals surface area contributed by atoms with Gasteiger partial charge in [-0.15, -0.1) is 0 Å². The van der Waals surface area contributed by atoms with Gasteiger partial charge >= 0.3 is 6.01 Å². The Labute approximate surface area is 120 Å². The highest BCUT2D eigenvalue weighted by Gasteiger charge is 2.62. The molecule has 1 N–H and O–H groups in total. The Morgan fingerprint density at radius 1 is 1.15 bits per heavy atom. The topological polar surface area (TPSA) is 51.0 Å². The van der Waals surface area contributed by atoms with Gasteiger partial charge in [-0.3, -0.25) is 0 Å². The number of nitrogens with zero attached hydrogens (tertiary/aromatic N) is 2. The molecule has 110 valence electrons. The van der Waals surface area contributed by atoms with E-state index in [0.717, 1.165) is 18.3 Å². The highest BCUT2D eigenvalue weighted by Crippen LogP contribution is 2.69. The summed E-state index contributed by atoms with van der Waals surface area (Å²) < 4.78 is 5.39. The molecule has 4 saturated carbocycles. The summed E-state index contributed by atoms with van der Waals surface area (Å²) >= 11 is 0. The molecule has 4 bridgehead atoms. The summed E-state index contributed by atoms with van der Waals surface area (Å²) in [5.41, 5.74) is 1.17. The first-order chi connectivity index (χ1) is 9.44. The van der Waals surface area contributed by atoms with Crippen LogP contribution in [0.1, 0.15) is 65.1 Å². The van der Waals surface area contributed by atoms with Crippen molar-refractivity contribution in [1.29, 1.82) is 0 Å². The van der Waals surface area contributed by atoms with Crippen molar-refractivity contribution in [3.63, 3.8) is 0 Å². The Morgan fingerprint density at radius 2 is 1.85 bits per heavy atom. The van der Waals surface area contributed by atoms with Crippen LogP contribution in [0.5, 0.6) is 0 Å². The zero-order valence-corrected chi connectivity index (χ0v) is 12.8. The molecule has 4 aliphatic rings. The molecule has 0 aliphatic heterocycles. The lowest BCUT2D eigenvalue weighted by Crippen LogP contribution is -2.57. The minimum Gasteiger partial charge on any atom is -0.338 e. The summed E-state index contributed by atoms with van der Waals surface area (Å²) in [5, 5.41) is 7.48. The Kier molecular flexibility index (Phi) is 2.39. The second-order valence-corrected chi connectivity index (χ2v) is 8.36. The number of hydrogen-bond donors (Lipinski definition) is 1. The SMILES string of the molecule is CCNc1nc(C23CC4CC(C)(CC(C)(C4)C2)C3)no1. The maximum atomic E-state index is 5.39. The second kappa shape index (κ2) is 3.77. The summed E-state index contributed by atoms with van der Waals surface area (Å²) in [6.07, 6.45) is 7.96. The van der Waals surface area contributed by atoms with Crippen LogP contribution >= 0.6 is 0 Å². The molecule has 4 fully saturated rings. The predicted molar refractivity (Wildman–Crippen MR) is 77.5 cm³/mol. The van der Waals surface area contributed by atoms with Crippen LogP contribution in [-0.4, -0.2) is 16.7 Å². The van der Waals surface area contributed by atoms with Crippen molar-refractivity contribution in [1.82, 2.24) is 10.1 Å². The fraction of sp³-hybridized carbons (Fsp3) is 0.875. The molecule has 0 amide bonds. The predicted octanol–water partition coefficient (Wildman–Crippen LogP) is 3.75. The Bertz CT molecular complexity index is 520. The minimum atomic E-state index is 0.181. The van der Waals surface area contributed by atoms with E-state index in [-0.39, 0.29) is 5.41 Å². The first-order valence-corrected chi connectivity index (χ1v) is 8.02. The lowest BCUT2D eigenvalue weighted by atomic mass is 9.40. The van der Waals surface area contributed by atoms with Gasteiger partial charge in [-0.1, -0.05) is 19.0 Å². The maximum Gasteiger partial charge on any atom is 0.321 e. The van der Waals surface area contributed by atoms with Crippen molar-refractivity contribution in [2.75, 3.05) is 11.9 Å². The van der Waals surface area contributed by atoms with Crippen LogP contribution in [0.2, 0.25) is 0 Å². The number of nitrogens with one attached hydrogen (secondary N) is 1. The molecule has 0 aromatic carbocycles. The highest BCUT2D eigenvalue weighted by atomic mass is 16.5. The fourth-order valence-corrected chi connectivity index (χ4v) is 6.36. The average Bonchev–Trinajstić information content (AvgIpc) is 2.73. The van der Waals surface area contributed by atoms with Crippen molar-refractivity contribution in [2.45, 2.75) is 64.7 Å². The minimum absolute atomic E-state index is 0.181. The Hall–Kier alpha value is -1.06. The van der Waals surface area contributed by atoms with Gasteiger partial charge in [0.2, 0.25) is 0 Å². The van der Waals surface area contributed by atoms with Crippen molar-refractivity contribution >= 4 is 6.01 Å². The van der Waals surface area contributed by atoms with Gasteiger partial charge in [-0.05, 0) is 62.2 Å². The molecule has 1 heterocycles. The van der Waals surface area contributed by atoms with Gasteiger partial charge in [-0.2, -0.15) is 4.98 Å². The van der Waals surface area contributed by atoms with Crippen LogP contribution in [0.15, 0.2) is 4.52 Å². The molecule has 1 aromatic heterocycles. The van der Waals surface area contributed by atoms with E-state index in [1.807, 2.05) is 0 Å². The van der Waals surface area contributed by atoms with Crippen LogP contribution < -0.4 is 5.32 Å². The summed E-state index contributed by atoms with van der Waals surface area (Å²) in [4.78, 5) is 4.66. The van der Waals surface area contributed by atoms with Crippen LogP contribution in [0.3, 0.4) is 0 Å². The zero-order chi connectivity index (χ0) is 14.0. The van der Waals surface area contributed by atoms with Crippen molar-refractivity contribution < 1.29 is 4.52 Å². The third-order valence-corrected chi connectivity index (χ3v) is 5.85. The molecule has 1 aromatic rings. The van der Waals surface area contributed by atoms with Crippen LogP contribution in [-0.2, 0) is 5.41 Å². The summed E-state index contributed by atoms with van der Waals surface area (Å²) in [6, 6.07) is 0.591. The lowest BCUT2D eigenvalue weighted by Gasteiger charge is -2.64. The van der Waals surface area contributed by atoms with E-state index in [1.54, 1.807) is 0 Å². The first-order valence-electron chi connectivity index (χ1n) is 8.02. The largest absolute Gasteiger partial charge is 0.338 e. The van der Waals surface area contributed by atoms with E-state index >= 15 is 0 Å². The molecular weight excluding hydrogens is 250 g/mol. The molecule has 20 heavy (non-hydrogen) atoms. The lowest BCUT2D eigenvalue weighted by molar-refractivity contribution is -0.113. The molecule has 2 atom stereocenters. The Morgan fingerprint density at radius 3 is 2.45 bits per heavy atom. The molecule has 4 heteroatoms. The van der Waals surface area contributed by atoms with Crippen LogP contribution in [0.25, 0.3) is 0 Å². The van der Waals surface area contributed by atoms with Gasteiger partial charge in [0.15, 0.2) is 5.82 Å². The third-order valence-electron chi connectivity index (χ3n) is 5.85. The number of hydrogen-bond acceptors (Lipinski definition) is 4. The van der Waals surface area contributed by atoms with E-state index in [1.165, 1.54) is 38.5 Å². The fourth-order valence-electron chi connectivity index (χ4n) is 6.36. The summed E-state index contributed by atoms with van der Waals surface area (Å²) in [6.45, 7) is 7.84. The highest BCUT2D eigenvalue weighted by molar-refractivity contribution is 5.26. The van der Waals surface area contributed by atoms with E-state index < -0.39 is 0 Å². The molecule has 0 saturated heterocycles. The quantitative estimate of drug-likeness (QED) is 0.912. The molecule has 2 unspecified atom stereocenters. The molecule has 0 radical (unpaired) electrons. The number of aromatic nitrogens is 2. The van der Waals surface area contributed by atoms with Crippen molar-refractivity contribution in [3.05, 3.63) is 5.82 Å². The summed E-state index contributed by atoms with van der Waals surface area (Å²) in [5.74, 6) is 1.83. The average molecular weight is 275 g/mol. The van der Waals surface area contributed by atoms with Gasteiger partial charge in [-0.25, -0.2) is 0 Å². The zero-order valence-electron chi connectivity index (χ0n) is 12.8. The standard InChI is InChI=1S/C16H25N3O/c1-4-17-13-18-12(19-20-13)16-7-11-5-14(2,9-16)8-15(3,6-11)10-16/h11H,4-10H2,1-3H3,(H,17,18,19). The van der Waals surface area contributed by atoms with Gasteiger partial charge in [0.1, 0.15) is 0 Å². The smallest absolute Gasteiger partial charge is 0.321 e. The van der Waals surface area contributed by atoms with E-state index in [4.69, 9.17) is 4.52 Å². The first kappa shape index (κ1) is 12.7. The van der Waals surface area contributed by atoms with E-state index in [9.17, 15) is 0 Å². The maximum absolute atomic E-state index is 5.39. The van der Waals surface area contributed by atoms with Crippen LogP contribution in [0, 0.1) is 16.7 Å². The molecule has 4 nitrogen and oxygen atoms in total. The van der Waals surface area contributed by atoms with E-state index in [0.29, 0.717) is 16.8 Å². The molecule has 0 spiro atoms. The monoisotopic (exact) mass is 275 g/mol. The van der Waals surface area contributed by atoms with Gasteiger partial charge in [0.05, 0.1) is 0 Å². The molecule has 4 aliphatic carbocycles. The van der Waals surface area contributed by atoms with Gasteiger partial charge in [0.25, 0.3) is 0 Å².